The van der Waals surface area contributed by atoms with Crippen molar-refractivity contribution >= 4 is 34.0 Å². The van der Waals surface area contributed by atoms with Gasteiger partial charge in [0.1, 0.15) is 10.6 Å². The fourth-order valence-electron chi connectivity index (χ4n) is 2.66. The highest BCUT2D eigenvalue weighted by Gasteiger charge is 2.26. The number of rotatable bonds is 5. The van der Waals surface area contributed by atoms with Gasteiger partial charge in [0.2, 0.25) is 0 Å². The Morgan fingerprint density at radius 3 is 2.00 bits per heavy atom. The van der Waals surface area contributed by atoms with Gasteiger partial charge < -0.3 is 4.74 Å². The van der Waals surface area contributed by atoms with Crippen LogP contribution in [0, 0.1) is 0 Å². The maximum atomic E-state index is 11.9. The molecule has 4 nitrogen and oxygen atoms in total. The zero-order chi connectivity index (χ0) is 17.9. The second-order valence-corrected chi connectivity index (χ2v) is 8.83. The van der Waals surface area contributed by atoms with Gasteiger partial charge >= 0.3 is 0 Å². The van der Waals surface area contributed by atoms with Crippen LogP contribution in [0.5, 0.6) is 5.75 Å². The standard InChI is InChI=1S/C19H17O4PS/c1-23-16-11-5-6-12-17(16)24(15-9-3-2-4-10-15)18-13-7-8-14-19(18)25(20,21)22/h2-14H,1H3,(H,20,21,22). The third kappa shape index (κ3) is 3.74. The van der Waals surface area contributed by atoms with Crippen molar-refractivity contribution in [2.24, 2.45) is 0 Å². The average Bonchev–Trinajstić information content (AvgIpc) is 2.63. The summed E-state index contributed by atoms with van der Waals surface area (Å²) in [6.07, 6.45) is 0. The van der Waals surface area contributed by atoms with E-state index in [0.717, 1.165) is 10.6 Å². The van der Waals surface area contributed by atoms with E-state index in [-0.39, 0.29) is 4.90 Å². The second kappa shape index (κ2) is 7.36. The lowest BCUT2D eigenvalue weighted by atomic mass is 10.3. The molecular formula is C19H17O4PS. The molecule has 25 heavy (non-hydrogen) atoms. The van der Waals surface area contributed by atoms with Crippen molar-refractivity contribution < 1.29 is 17.7 Å². The molecule has 3 aromatic carbocycles. The quantitative estimate of drug-likeness (QED) is 0.553. The topological polar surface area (TPSA) is 63.6 Å². The first-order chi connectivity index (χ1) is 12.0. The highest BCUT2D eigenvalue weighted by Crippen LogP contribution is 2.38. The molecule has 0 saturated heterocycles. The van der Waals surface area contributed by atoms with E-state index >= 15 is 0 Å². The van der Waals surface area contributed by atoms with Crippen molar-refractivity contribution in [1.82, 2.24) is 0 Å². The Balaban J connectivity index is 2.32. The number of para-hydroxylation sites is 1. The summed E-state index contributed by atoms with van der Waals surface area (Å²) in [5, 5.41) is 2.43. The summed E-state index contributed by atoms with van der Waals surface area (Å²) in [7, 11) is -3.97. The van der Waals surface area contributed by atoms with Crippen molar-refractivity contribution in [1.29, 1.82) is 0 Å². The van der Waals surface area contributed by atoms with Crippen LogP contribution in [0.2, 0.25) is 0 Å². The van der Waals surface area contributed by atoms with E-state index in [9.17, 15) is 13.0 Å². The van der Waals surface area contributed by atoms with Crippen LogP contribution in [0.3, 0.4) is 0 Å². The number of ether oxygens (including phenoxy) is 1. The molecule has 1 unspecified atom stereocenters. The summed E-state index contributed by atoms with van der Waals surface area (Å²) >= 11 is 0. The maximum Gasteiger partial charge on any atom is 0.295 e. The summed E-state index contributed by atoms with van der Waals surface area (Å²) < 4.78 is 39.0. The van der Waals surface area contributed by atoms with Gasteiger partial charge in [0.05, 0.1) is 7.11 Å². The molecule has 0 fully saturated rings. The molecule has 0 spiro atoms. The lowest BCUT2D eigenvalue weighted by molar-refractivity contribution is 0.418. The molecule has 0 aliphatic rings. The molecule has 3 rings (SSSR count). The molecule has 0 bridgehead atoms. The molecule has 0 aliphatic heterocycles. The minimum atomic E-state index is -4.34. The molecule has 0 heterocycles. The van der Waals surface area contributed by atoms with Gasteiger partial charge in [-0.05, 0) is 25.4 Å². The smallest absolute Gasteiger partial charge is 0.295 e. The fraction of sp³-hybridized carbons (Fsp3) is 0.0526. The largest absolute Gasteiger partial charge is 0.496 e. The van der Waals surface area contributed by atoms with Gasteiger partial charge in [0.15, 0.2) is 0 Å². The molecule has 0 radical (unpaired) electrons. The summed E-state index contributed by atoms with van der Waals surface area (Å²) in [6.45, 7) is 0. The van der Waals surface area contributed by atoms with Gasteiger partial charge in [0, 0.05) is 10.6 Å². The van der Waals surface area contributed by atoms with Crippen molar-refractivity contribution in [2.45, 2.75) is 4.90 Å². The molecule has 6 heteroatoms. The summed E-state index contributed by atoms with van der Waals surface area (Å²) in [5.74, 6) is 0.683. The Kier molecular flexibility index (Phi) is 5.19. The Bertz CT molecular complexity index is 971. The molecule has 1 N–H and O–H groups in total. The number of methoxy groups -OCH3 is 1. The van der Waals surface area contributed by atoms with Gasteiger partial charge in [0.25, 0.3) is 10.1 Å². The van der Waals surface area contributed by atoms with E-state index in [2.05, 4.69) is 0 Å². The lowest BCUT2D eigenvalue weighted by Crippen LogP contribution is -2.25. The van der Waals surface area contributed by atoms with E-state index in [4.69, 9.17) is 4.74 Å². The van der Waals surface area contributed by atoms with Crippen LogP contribution in [-0.2, 0) is 10.1 Å². The van der Waals surface area contributed by atoms with Gasteiger partial charge in [-0.25, -0.2) is 0 Å². The van der Waals surface area contributed by atoms with Crippen LogP contribution < -0.4 is 20.7 Å². The summed E-state index contributed by atoms with van der Waals surface area (Å²) in [5.41, 5.74) is 0. The van der Waals surface area contributed by atoms with Crippen molar-refractivity contribution in [3.63, 3.8) is 0 Å². The van der Waals surface area contributed by atoms with E-state index in [0.29, 0.717) is 11.1 Å². The first-order valence-corrected chi connectivity index (χ1v) is 10.4. The molecule has 0 amide bonds. The molecular weight excluding hydrogens is 355 g/mol. The van der Waals surface area contributed by atoms with Gasteiger partial charge in [-0.2, -0.15) is 8.42 Å². The van der Waals surface area contributed by atoms with Crippen LogP contribution in [-0.4, -0.2) is 20.1 Å². The van der Waals surface area contributed by atoms with Crippen LogP contribution in [0.25, 0.3) is 0 Å². The monoisotopic (exact) mass is 372 g/mol. The molecule has 3 aromatic rings. The summed E-state index contributed by atoms with van der Waals surface area (Å²) in [4.78, 5) is -0.0733. The zero-order valence-corrected chi connectivity index (χ0v) is 15.2. The fourth-order valence-corrected chi connectivity index (χ4v) is 6.30. The van der Waals surface area contributed by atoms with Crippen LogP contribution in [0.15, 0.2) is 83.8 Å². The minimum Gasteiger partial charge on any atom is -0.496 e. The SMILES string of the molecule is COc1ccccc1P(c1ccccc1)c1ccccc1S(=O)(=O)O. The Hall–Kier alpha value is -2.20. The van der Waals surface area contributed by atoms with E-state index in [1.165, 1.54) is 6.07 Å². The predicted molar refractivity (Wildman–Crippen MR) is 102 cm³/mol. The van der Waals surface area contributed by atoms with Gasteiger partial charge in [-0.1, -0.05) is 66.7 Å². The highest BCUT2D eigenvalue weighted by atomic mass is 32.2. The molecule has 128 valence electrons. The van der Waals surface area contributed by atoms with E-state index in [1.807, 2.05) is 54.6 Å². The summed E-state index contributed by atoms with van der Waals surface area (Å²) in [6, 6.07) is 23.7. The van der Waals surface area contributed by atoms with Gasteiger partial charge in [-0.15, -0.1) is 0 Å². The maximum absolute atomic E-state index is 11.9. The van der Waals surface area contributed by atoms with Crippen LogP contribution in [0.1, 0.15) is 0 Å². The second-order valence-electron chi connectivity index (χ2n) is 5.29. The van der Waals surface area contributed by atoms with E-state index < -0.39 is 18.0 Å². The van der Waals surface area contributed by atoms with Crippen molar-refractivity contribution in [2.75, 3.05) is 7.11 Å². The number of hydrogen-bond donors (Lipinski definition) is 1. The Labute approximate surface area is 148 Å². The third-order valence-electron chi connectivity index (χ3n) is 3.72. The predicted octanol–water partition coefficient (Wildman–Crippen LogP) is 2.70. The van der Waals surface area contributed by atoms with E-state index in [1.54, 1.807) is 25.3 Å². The van der Waals surface area contributed by atoms with Gasteiger partial charge in [-0.3, -0.25) is 4.55 Å². The molecule has 1 atom stereocenters. The molecule has 0 saturated carbocycles. The average molecular weight is 372 g/mol. The minimum absolute atomic E-state index is 0.0733. The van der Waals surface area contributed by atoms with Crippen LogP contribution in [0.4, 0.5) is 0 Å². The third-order valence-corrected chi connectivity index (χ3v) is 7.33. The normalized spacial score (nSPS) is 12.6. The first kappa shape index (κ1) is 17.6. The number of benzene rings is 3. The molecule has 0 aromatic heterocycles. The first-order valence-electron chi connectivity index (χ1n) is 7.57. The highest BCUT2D eigenvalue weighted by molar-refractivity contribution is 7.88. The Morgan fingerprint density at radius 1 is 0.800 bits per heavy atom. The van der Waals surface area contributed by atoms with Crippen molar-refractivity contribution in [3.05, 3.63) is 78.9 Å². The zero-order valence-electron chi connectivity index (χ0n) is 13.5. The lowest BCUT2D eigenvalue weighted by Gasteiger charge is -2.23. The molecule has 0 aliphatic carbocycles. The number of hydrogen-bond acceptors (Lipinski definition) is 3. The van der Waals surface area contributed by atoms with Crippen molar-refractivity contribution in [3.8, 4) is 5.75 Å². The Morgan fingerprint density at radius 2 is 1.36 bits per heavy atom. The van der Waals surface area contributed by atoms with Crippen LogP contribution >= 0.6 is 7.92 Å².